The number of rotatable bonds is 4. The van der Waals surface area contributed by atoms with Crippen LogP contribution in [-0.4, -0.2) is 32.6 Å². The molecule has 6 nitrogen and oxygen atoms in total. The topological polar surface area (TPSA) is 56.5 Å². The average Bonchev–Trinajstić information content (AvgIpc) is 3.53. The van der Waals surface area contributed by atoms with Crippen LogP contribution in [0.1, 0.15) is 53.8 Å². The van der Waals surface area contributed by atoms with E-state index in [1.807, 2.05) is 42.5 Å². The summed E-state index contributed by atoms with van der Waals surface area (Å²) in [5.41, 5.74) is 7.93. The molecule has 7 rings (SSSR count). The summed E-state index contributed by atoms with van der Waals surface area (Å²) in [6, 6.07) is 26.4. The molecule has 2 aliphatic heterocycles. The largest absolute Gasteiger partial charge is 0.356 e. The predicted octanol–water partition coefficient (Wildman–Crippen LogP) is 7.24. The van der Waals surface area contributed by atoms with Gasteiger partial charge in [0.25, 0.3) is 11.8 Å². The highest BCUT2D eigenvalue weighted by Gasteiger charge is 2.43. The highest BCUT2D eigenvalue weighted by molar-refractivity contribution is 6.51. The second-order valence-electron chi connectivity index (χ2n) is 11.4. The zero-order valence-corrected chi connectivity index (χ0v) is 24.2. The van der Waals surface area contributed by atoms with E-state index in [1.54, 1.807) is 0 Å². The molecule has 212 valence electrons. The molecule has 0 saturated heterocycles. The van der Waals surface area contributed by atoms with E-state index < -0.39 is 0 Å². The first-order chi connectivity index (χ1) is 20.6. The van der Waals surface area contributed by atoms with Crippen molar-refractivity contribution in [3.05, 3.63) is 107 Å². The summed E-state index contributed by atoms with van der Waals surface area (Å²) in [6.07, 6.45) is 4.41. The van der Waals surface area contributed by atoms with Gasteiger partial charge in [-0.1, -0.05) is 79.6 Å². The van der Waals surface area contributed by atoms with E-state index in [0.29, 0.717) is 17.8 Å². The highest BCUT2D eigenvalue weighted by atomic mass is 16.5. The van der Waals surface area contributed by atoms with Crippen molar-refractivity contribution in [2.45, 2.75) is 59.2 Å². The van der Waals surface area contributed by atoms with E-state index in [-0.39, 0.29) is 18.5 Å². The molecular formula is C36H35N3O3. The number of carbonyl (C=O) groups excluding carboxylic acids is 2. The van der Waals surface area contributed by atoms with E-state index in [2.05, 4.69) is 59.4 Å². The summed E-state index contributed by atoms with van der Waals surface area (Å²) in [6.45, 7) is 6.16. The number of carbonyl (C=O) groups is 2. The molecule has 0 saturated carbocycles. The monoisotopic (exact) mass is 557 g/mol. The first-order valence-corrected chi connectivity index (χ1v) is 14.9. The summed E-state index contributed by atoms with van der Waals surface area (Å²) in [4.78, 5) is 30.2. The highest BCUT2D eigenvalue weighted by Crippen LogP contribution is 2.44. The molecule has 2 amide bonds. The molecule has 0 radical (unpaired) electrons. The van der Waals surface area contributed by atoms with Crippen LogP contribution in [0.3, 0.4) is 0 Å². The summed E-state index contributed by atoms with van der Waals surface area (Å²) < 4.78 is 10.7. The lowest BCUT2D eigenvalue weighted by molar-refractivity contribution is -0.142. The Bertz CT molecular complexity index is 1760. The molecule has 0 unspecified atom stereocenters. The van der Waals surface area contributed by atoms with Gasteiger partial charge in [-0.15, -0.1) is 0 Å². The van der Waals surface area contributed by atoms with Gasteiger partial charge in [0.15, 0.2) is 0 Å². The predicted molar refractivity (Wildman–Crippen MR) is 167 cm³/mol. The number of nitrogens with zero attached hydrogens (tertiary/aromatic N) is 3. The van der Waals surface area contributed by atoms with Crippen LogP contribution in [0.25, 0.3) is 33.0 Å². The van der Waals surface area contributed by atoms with Gasteiger partial charge < -0.3 is 13.9 Å². The lowest BCUT2D eigenvalue weighted by Gasteiger charge is -2.16. The van der Waals surface area contributed by atoms with Gasteiger partial charge in [-0.2, -0.15) is 0 Å². The van der Waals surface area contributed by atoms with E-state index in [1.165, 1.54) is 4.90 Å². The number of ether oxygens (including phenoxy) is 1. The number of aromatic nitrogens is 2. The van der Waals surface area contributed by atoms with Crippen molar-refractivity contribution in [1.29, 1.82) is 0 Å². The zero-order valence-electron chi connectivity index (χ0n) is 24.2. The van der Waals surface area contributed by atoms with Crippen molar-refractivity contribution >= 4 is 44.8 Å². The lowest BCUT2D eigenvalue weighted by atomic mass is 9.93. The first-order valence-electron chi connectivity index (χ1n) is 14.9. The van der Waals surface area contributed by atoms with Crippen LogP contribution >= 0.6 is 0 Å². The van der Waals surface area contributed by atoms with E-state index in [0.717, 1.165) is 88.7 Å². The van der Waals surface area contributed by atoms with Crippen LogP contribution in [0.15, 0.2) is 78.9 Å². The molecule has 42 heavy (non-hydrogen) atoms. The maximum Gasteiger partial charge on any atom is 0.264 e. The number of para-hydroxylation sites is 2. The fourth-order valence-corrected chi connectivity index (χ4v) is 6.95. The fourth-order valence-electron chi connectivity index (χ4n) is 6.95. The van der Waals surface area contributed by atoms with Gasteiger partial charge in [-0.3, -0.25) is 9.59 Å². The molecule has 0 N–H and O–H groups in total. The molecule has 2 aromatic heterocycles. The standard InChI is InChI=1S/C36H35N3O3/c1-24-31-27-16-8-10-18-29(27)37(24)20-12-3-4-13-21-38-25(2)32(28-17-9-11-19-30(28)38)34-33(31)35(40)39(36(34)41)23-42-22-26-14-6-5-7-15-26/h5-11,14-19H,3-4,12-13,20-23H2,1-2H3. The third-order valence-corrected chi connectivity index (χ3v) is 8.98. The summed E-state index contributed by atoms with van der Waals surface area (Å²) >= 11 is 0. The van der Waals surface area contributed by atoms with Crippen molar-refractivity contribution in [2.24, 2.45) is 0 Å². The van der Waals surface area contributed by atoms with Gasteiger partial charge >= 0.3 is 0 Å². The summed E-state index contributed by atoms with van der Waals surface area (Å²) in [7, 11) is 0. The van der Waals surface area contributed by atoms with Crippen molar-refractivity contribution in [3.8, 4) is 0 Å². The van der Waals surface area contributed by atoms with Crippen LogP contribution in [0.4, 0.5) is 0 Å². The van der Waals surface area contributed by atoms with Gasteiger partial charge in [0.1, 0.15) is 6.73 Å². The maximum atomic E-state index is 14.4. The van der Waals surface area contributed by atoms with Crippen molar-refractivity contribution < 1.29 is 14.3 Å². The molecule has 0 atom stereocenters. The van der Waals surface area contributed by atoms with Gasteiger partial charge in [-0.25, -0.2) is 4.90 Å². The van der Waals surface area contributed by atoms with E-state index in [9.17, 15) is 9.59 Å². The molecule has 0 aliphatic carbocycles. The molecule has 2 aliphatic rings. The minimum absolute atomic E-state index is 0.102. The minimum atomic E-state index is -0.294. The number of aryl methyl sites for hydroxylation is 2. The molecule has 4 bridgehead atoms. The third kappa shape index (κ3) is 4.21. The Morgan fingerprint density at radius 3 is 1.62 bits per heavy atom. The van der Waals surface area contributed by atoms with Crippen LogP contribution in [0.5, 0.6) is 0 Å². The average molecular weight is 558 g/mol. The Balaban J connectivity index is 1.45. The fraction of sp³-hybridized carbons (Fsp3) is 0.278. The van der Waals surface area contributed by atoms with Gasteiger partial charge in [-0.05, 0) is 44.4 Å². The maximum absolute atomic E-state index is 14.4. The Labute approximate surface area is 245 Å². The van der Waals surface area contributed by atoms with Gasteiger partial charge in [0.2, 0.25) is 0 Å². The van der Waals surface area contributed by atoms with E-state index in [4.69, 9.17) is 4.74 Å². The molecule has 6 heteroatoms. The third-order valence-electron chi connectivity index (χ3n) is 8.98. The molecule has 5 aromatic rings. The smallest absolute Gasteiger partial charge is 0.264 e. The lowest BCUT2D eigenvalue weighted by Crippen LogP contribution is -2.33. The molecular weight excluding hydrogens is 522 g/mol. The van der Waals surface area contributed by atoms with Crippen LogP contribution < -0.4 is 0 Å². The number of fused-ring (bicyclic) bond motifs is 12. The molecule has 4 heterocycles. The van der Waals surface area contributed by atoms with Crippen molar-refractivity contribution in [3.63, 3.8) is 0 Å². The summed E-state index contributed by atoms with van der Waals surface area (Å²) in [5, 5.41) is 2.01. The molecule has 0 spiro atoms. The van der Waals surface area contributed by atoms with Crippen LogP contribution in [0.2, 0.25) is 0 Å². The van der Waals surface area contributed by atoms with Gasteiger partial charge in [0.05, 0.1) is 17.8 Å². The molecule has 0 fully saturated rings. The Hall–Kier alpha value is -4.42. The Morgan fingerprint density at radius 2 is 1.10 bits per heavy atom. The van der Waals surface area contributed by atoms with Crippen molar-refractivity contribution in [2.75, 3.05) is 6.73 Å². The number of imide groups is 1. The number of hydrogen-bond acceptors (Lipinski definition) is 3. The minimum Gasteiger partial charge on any atom is -0.356 e. The number of amides is 2. The SMILES string of the molecule is Cc1c2c3ccccc3n1CCCCCCn1c(C)c(c3ccccc31)C1=C2C(=O)N(COCc2ccccc2)C1=O. The van der Waals surface area contributed by atoms with Gasteiger partial charge in [0, 0.05) is 57.4 Å². The normalized spacial score (nSPS) is 16.0. The van der Waals surface area contributed by atoms with Crippen LogP contribution in [-0.2, 0) is 34.0 Å². The summed E-state index contributed by atoms with van der Waals surface area (Å²) in [5.74, 6) is -0.588. The van der Waals surface area contributed by atoms with Crippen LogP contribution in [0, 0.1) is 13.8 Å². The quantitative estimate of drug-likeness (QED) is 0.219. The van der Waals surface area contributed by atoms with Crippen molar-refractivity contribution in [1.82, 2.24) is 14.0 Å². The second-order valence-corrected chi connectivity index (χ2v) is 11.4. The Kier molecular flexibility index (Phi) is 6.79. The second kappa shape index (κ2) is 10.8. The Morgan fingerprint density at radius 1 is 0.619 bits per heavy atom. The first kappa shape index (κ1) is 26.5. The van der Waals surface area contributed by atoms with E-state index >= 15 is 0 Å². The number of benzene rings is 3. The molecule has 3 aromatic carbocycles. The number of hydrogen-bond donors (Lipinski definition) is 0. The zero-order chi connectivity index (χ0) is 28.8.